The van der Waals surface area contributed by atoms with Crippen LogP contribution in [0.15, 0.2) is 60.8 Å². The predicted molar refractivity (Wildman–Crippen MR) is 102 cm³/mol. The predicted octanol–water partition coefficient (Wildman–Crippen LogP) is 4.33. The van der Waals surface area contributed by atoms with E-state index in [1.807, 2.05) is 30.3 Å². The second-order valence-electron chi connectivity index (χ2n) is 5.57. The molecule has 0 saturated carbocycles. The van der Waals surface area contributed by atoms with Gasteiger partial charge in [-0.05, 0) is 42.5 Å². The zero-order valence-corrected chi connectivity index (χ0v) is 14.3. The number of anilines is 2. The Morgan fingerprint density at radius 1 is 1.08 bits per heavy atom. The van der Waals surface area contributed by atoms with E-state index < -0.39 is 11.7 Å². The van der Waals surface area contributed by atoms with E-state index in [-0.39, 0.29) is 0 Å². The Morgan fingerprint density at radius 2 is 1.96 bits per heavy atom. The lowest BCUT2D eigenvalue weighted by atomic mass is 10.2. The van der Waals surface area contributed by atoms with Gasteiger partial charge in [0.1, 0.15) is 15.5 Å². The average molecular weight is 364 g/mol. The fraction of sp³-hybridized carbons (Fsp3) is 0. The number of nitrogens with zero attached hydrogens (tertiary/aromatic N) is 2. The first kappa shape index (κ1) is 16.2. The summed E-state index contributed by atoms with van der Waals surface area (Å²) in [6.45, 7) is 0. The summed E-state index contributed by atoms with van der Waals surface area (Å²) in [5, 5.41) is 3.37. The molecule has 0 saturated heterocycles. The first-order valence-electron chi connectivity index (χ1n) is 7.79. The molecule has 3 N–H and O–H groups in total. The van der Waals surface area contributed by atoms with Crippen molar-refractivity contribution in [2.45, 2.75) is 0 Å². The molecule has 3 aromatic heterocycles. The number of benzene rings is 1. The first-order chi connectivity index (χ1) is 12.6. The van der Waals surface area contributed by atoms with Gasteiger partial charge >= 0.3 is 0 Å². The van der Waals surface area contributed by atoms with Crippen molar-refractivity contribution >= 4 is 38.8 Å². The highest BCUT2D eigenvalue weighted by Gasteiger charge is 2.18. The Bertz CT molecular complexity index is 1110. The molecule has 0 aliphatic carbocycles. The third-order valence-corrected chi connectivity index (χ3v) is 4.92. The smallest absolute Gasteiger partial charge is 0.267 e. The zero-order chi connectivity index (χ0) is 18.1. The van der Waals surface area contributed by atoms with Crippen molar-refractivity contribution in [3.8, 4) is 11.4 Å². The molecule has 0 bridgehead atoms. The molecule has 0 fully saturated rings. The van der Waals surface area contributed by atoms with Crippen molar-refractivity contribution in [1.82, 2.24) is 9.97 Å². The monoisotopic (exact) mass is 364 g/mol. The average Bonchev–Trinajstić information content (AvgIpc) is 2.99. The van der Waals surface area contributed by atoms with Gasteiger partial charge in [-0.1, -0.05) is 12.1 Å². The highest BCUT2D eigenvalue weighted by Crippen LogP contribution is 2.34. The van der Waals surface area contributed by atoms with Gasteiger partial charge in [-0.2, -0.15) is 0 Å². The van der Waals surface area contributed by atoms with Gasteiger partial charge in [0.2, 0.25) is 0 Å². The third kappa shape index (κ3) is 3.00. The first-order valence-corrected chi connectivity index (χ1v) is 8.61. The summed E-state index contributed by atoms with van der Waals surface area (Å²) in [5.74, 6) is -0.815. The zero-order valence-electron chi connectivity index (χ0n) is 13.4. The molecule has 5 nitrogen and oxygen atoms in total. The van der Waals surface area contributed by atoms with E-state index in [4.69, 9.17) is 5.73 Å². The number of thiophene rings is 1. The second-order valence-corrected chi connectivity index (χ2v) is 6.57. The van der Waals surface area contributed by atoms with Gasteiger partial charge in [-0.25, -0.2) is 9.37 Å². The van der Waals surface area contributed by atoms with Crippen molar-refractivity contribution < 1.29 is 9.18 Å². The van der Waals surface area contributed by atoms with Crippen LogP contribution in [0.25, 0.3) is 21.6 Å². The van der Waals surface area contributed by atoms with Crippen LogP contribution in [0.4, 0.5) is 15.8 Å². The minimum atomic E-state index is -0.422. The maximum Gasteiger partial charge on any atom is 0.267 e. The summed E-state index contributed by atoms with van der Waals surface area (Å²) < 4.78 is 13.3. The molecule has 7 heteroatoms. The van der Waals surface area contributed by atoms with Crippen LogP contribution in [0, 0.1) is 5.82 Å². The maximum atomic E-state index is 13.3. The molecular formula is C19H13FN4OS. The van der Waals surface area contributed by atoms with Gasteiger partial charge in [0, 0.05) is 17.3 Å². The number of carbonyl (C=O) groups is 1. The van der Waals surface area contributed by atoms with Gasteiger partial charge in [-0.15, -0.1) is 11.3 Å². The lowest BCUT2D eigenvalue weighted by Crippen LogP contribution is -2.12. The van der Waals surface area contributed by atoms with Crippen molar-refractivity contribution in [3.05, 3.63) is 71.5 Å². The summed E-state index contributed by atoms with van der Waals surface area (Å²) in [5.41, 5.74) is 8.31. The van der Waals surface area contributed by atoms with Crippen molar-refractivity contribution in [1.29, 1.82) is 0 Å². The fourth-order valence-electron chi connectivity index (χ4n) is 2.58. The molecule has 4 rings (SSSR count). The molecule has 0 radical (unpaired) electrons. The van der Waals surface area contributed by atoms with E-state index in [2.05, 4.69) is 15.3 Å². The number of carbonyl (C=O) groups excluding carboxylic acids is 1. The number of halogens is 1. The second kappa shape index (κ2) is 6.53. The number of nitrogens with one attached hydrogen (secondary N) is 1. The van der Waals surface area contributed by atoms with Gasteiger partial charge < -0.3 is 11.1 Å². The van der Waals surface area contributed by atoms with E-state index in [9.17, 15) is 9.18 Å². The number of fused-ring (bicyclic) bond motifs is 1. The summed E-state index contributed by atoms with van der Waals surface area (Å²) >= 11 is 1.19. The molecule has 26 heavy (non-hydrogen) atoms. The molecule has 4 aromatic rings. The maximum absolute atomic E-state index is 13.3. The molecule has 0 atom stereocenters. The molecule has 128 valence electrons. The van der Waals surface area contributed by atoms with E-state index in [1.54, 1.807) is 12.3 Å². The molecule has 1 aromatic carbocycles. The fourth-order valence-corrected chi connectivity index (χ4v) is 3.57. The van der Waals surface area contributed by atoms with Crippen LogP contribution in [0.5, 0.6) is 0 Å². The van der Waals surface area contributed by atoms with Crippen LogP contribution < -0.4 is 11.1 Å². The number of rotatable bonds is 3. The third-order valence-electron chi connectivity index (χ3n) is 3.81. The largest absolute Gasteiger partial charge is 0.397 e. The van der Waals surface area contributed by atoms with E-state index in [0.29, 0.717) is 32.2 Å². The van der Waals surface area contributed by atoms with E-state index >= 15 is 0 Å². The normalized spacial score (nSPS) is 10.8. The quantitative estimate of drug-likeness (QED) is 0.567. The number of nitrogens with two attached hydrogens (primary N) is 1. The van der Waals surface area contributed by atoms with Gasteiger partial charge in [0.25, 0.3) is 5.91 Å². The molecule has 3 heterocycles. The van der Waals surface area contributed by atoms with Crippen LogP contribution >= 0.6 is 11.3 Å². The SMILES string of the molecule is Nc1c(C(=O)Nc2cccc(F)c2)sc2nc(-c3ccccn3)ccc12. The highest BCUT2D eigenvalue weighted by molar-refractivity contribution is 7.21. The van der Waals surface area contributed by atoms with Crippen molar-refractivity contribution in [2.24, 2.45) is 0 Å². The lowest BCUT2D eigenvalue weighted by molar-refractivity contribution is 0.103. The van der Waals surface area contributed by atoms with Gasteiger partial charge in [0.05, 0.1) is 17.1 Å². The minimum absolute atomic E-state index is 0.343. The molecule has 0 unspecified atom stereocenters. The minimum Gasteiger partial charge on any atom is -0.397 e. The number of hydrogen-bond acceptors (Lipinski definition) is 5. The van der Waals surface area contributed by atoms with Crippen LogP contribution in [0.1, 0.15) is 9.67 Å². The molecular weight excluding hydrogens is 351 g/mol. The van der Waals surface area contributed by atoms with Crippen LogP contribution in [-0.2, 0) is 0 Å². The van der Waals surface area contributed by atoms with Crippen LogP contribution in [0.2, 0.25) is 0 Å². The number of pyridine rings is 2. The molecule has 0 aliphatic rings. The standard InChI is InChI=1S/C19H13FN4OS/c20-11-4-3-5-12(10-11)23-18(25)17-16(21)13-7-8-15(24-19(13)26-17)14-6-1-2-9-22-14/h1-10H,21H2,(H,23,25). The Kier molecular flexibility index (Phi) is 4.06. The highest BCUT2D eigenvalue weighted by atomic mass is 32.1. The molecule has 0 spiro atoms. The van der Waals surface area contributed by atoms with Crippen LogP contribution in [-0.4, -0.2) is 15.9 Å². The van der Waals surface area contributed by atoms with Crippen molar-refractivity contribution in [3.63, 3.8) is 0 Å². The number of hydrogen-bond donors (Lipinski definition) is 2. The van der Waals surface area contributed by atoms with Crippen LogP contribution in [0.3, 0.4) is 0 Å². The summed E-state index contributed by atoms with van der Waals surface area (Å²) in [6, 6.07) is 14.9. The lowest BCUT2D eigenvalue weighted by Gasteiger charge is -2.04. The number of aromatic nitrogens is 2. The Morgan fingerprint density at radius 3 is 2.73 bits per heavy atom. The number of nitrogen functional groups attached to an aromatic ring is 1. The molecule has 0 aliphatic heterocycles. The summed E-state index contributed by atoms with van der Waals surface area (Å²) in [7, 11) is 0. The Balaban J connectivity index is 1.69. The van der Waals surface area contributed by atoms with Crippen molar-refractivity contribution in [2.75, 3.05) is 11.1 Å². The summed E-state index contributed by atoms with van der Waals surface area (Å²) in [6.07, 6.45) is 1.70. The topological polar surface area (TPSA) is 80.9 Å². The Labute approximate surface area is 152 Å². The Hall–Kier alpha value is -3.32. The van der Waals surface area contributed by atoms with Gasteiger partial charge in [-0.3, -0.25) is 9.78 Å². The van der Waals surface area contributed by atoms with E-state index in [1.165, 1.54) is 29.5 Å². The molecule has 1 amide bonds. The van der Waals surface area contributed by atoms with E-state index in [0.717, 1.165) is 5.69 Å². The van der Waals surface area contributed by atoms with Gasteiger partial charge in [0.15, 0.2) is 0 Å². The summed E-state index contributed by atoms with van der Waals surface area (Å²) in [4.78, 5) is 22.4. The number of amides is 1.